The highest BCUT2D eigenvalue weighted by molar-refractivity contribution is 8.42. The van der Waals surface area contributed by atoms with Gasteiger partial charge in [-0.3, -0.25) is 10.2 Å². The number of benzene rings is 3. The van der Waals surface area contributed by atoms with E-state index >= 15 is 0 Å². The molecule has 1 N–H and O–H groups in total. The Hall–Kier alpha value is -3.96. The largest absolute Gasteiger partial charge is 0.493 e. The van der Waals surface area contributed by atoms with Gasteiger partial charge in [0, 0.05) is 6.26 Å². The second kappa shape index (κ2) is 9.25. The lowest BCUT2D eigenvalue weighted by atomic mass is 10.1. The summed E-state index contributed by atoms with van der Waals surface area (Å²) in [5, 5.41) is 15.7. The molecular formula is C25H20N4O5S2. The number of rotatable bonds is 5. The van der Waals surface area contributed by atoms with Gasteiger partial charge in [-0.25, -0.2) is 8.42 Å². The normalized spacial score (nSPS) is 16.7. The average molecular weight is 521 g/mol. The number of ether oxygens (including phenoxy) is 2. The van der Waals surface area contributed by atoms with Gasteiger partial charge in [-0.2, -0.15) is 10.0 Å². The maximum atomic E-state index is 12.6. The molecule has 2 heterocycles. The maximum absolute atomic E-state index is 12.6. The molecule has 1 amide bonds. The molecule has 0 radical (unpaired) electrons. The van der Waals surface area contributed by atoms with Gasteiger partial charge < -0.3 is 9.47 Å². The molecule has 0 aliphatic carbocycles. The van der Waals surface area contributed by atoms with E-state index in [4.69, 9.17) is 14.9 Å². The van der Waals surface area contributed by atoms with Crippen LogP contribution in [-0.4, -0.2) is 48.1 Å². The van der Waals surface area contributed by atoms with E-state index in [1.807, 2.05) is 42.5 Å². The van der Waals surface area contributed by atoms with Crippen molar-refractivity contribution < 1.29 is 22.7 Å². The maximum Gasteiger partial charge on any atom is 0.283 e. The smallest absolute Gasteiger partial charge is 0.283 e. The Kier molecular flexibility index (Phi) is 6.10. The standard InChI is InChI=1S/C25H20N4O5S2/c1-33-21-13-15(10-11-20(21)34-14-17-8-5-7-16-6-3-4-9-18(16)17)12-19-22(26)29-24(27-23(19)30)35-25(28-29)36(2,31)32/h3-13,26H,14H2,1-2H3/b19-12+,26-22?. The third-order valence-electron chi connectivity index (χ3n) is 5.51. The van der Waals surface area contributed by atoms with Crippen molar-refractivity contribution >= 4 is 59.7 Å². The lowest BCUT2D eigenvalue weighted by Crippen LogP contribution is -2.35. The zero-order valence-corrected chi connectivity index (χ0v) is 20.9. The van der Waals surface area contributed by atoms with Crippen LogP contribution in [0.1, 0.15) is 11.1 Å². The van der Waals surface area contributed by atoms with E-state index in [1.165, 1.54) is 13.2 Å². The van der Waals surface area contributed by atoms with Crippen LogP contribution in [0.4, 0.5) is 0 Å². The van der Waals surface area contributed by atoms with Crippen molar-refractivity contribution in [2.45, 2.75) is 6.61 Å². The summed E-state index contributed by atoms with van der Waals surface area (Å²) in [6, 6.07) is 19.3. The Morgan fingerprint density at radius 2 is 1.86 bits per heavy atom. The molecule has 5 rings (SSSR count). The molecule has 3 aromatic carbocycles. The zero-order chi connectivity index (χ0) is 25.4. The van der Waals surface area contributed by atoms with Crippen LogP contribution < -0.4 is 9.47 Å². The van der Waals surface area contributed by atoms with Gasteiger partial charge in [-0.15, -0.1) is 5.10 Å². The van der Waals surface area contributed by atoms with E-state index in [9.17, 15) is 13.2 Å². The Balaban J connectivity index is 1.40. The first kappa shape index (κ1) is 23.8. The predicted octanol–water partition coefficient (Wildman–Crippen LogP) is 4.05. The van der Waals surface area contributed by atoms with Gasteiger partial charge in [0.25, 0.3) is 5.91 Å². The second-order valence-corrected chi connectivity index (χ2v) is 11.1. The highest BCUT2D eigenvalue weighted by atomic mass is 32.3. The number of methoxy groups -OCH3 is 1. The summed E-state index contributed by atoms with van der Waals surface area (Å²) in [6.45, 7) is 0.339. The fourth-order valence-electron chi connectivity index (χ4n) is 3.76. The predicted molar refractivity (Wildman–Crippen MR) is 141 cm³/mol. The van der Waals surface area contributed by atoms with E-state index in [-0.39, 0.29) is 21.0 Å². The van der Waals surface area contributed by atoms with Crippen molar-refractivity contribution in [2.24, 2.45) is 10.1 Å². The average Bonchev–Trinajstić information content (AvgIpc) is 3.30. The second-order valence-electron chi connectivity index (χ2n) is 8.00. The Labute approximate surface area is 211 Å². The monoisotopic (exact) mass is 520 g/mol. The summed E-state index contributed by atoms with van der Waals surface area (Å²) in [7, 11) is -2.08. The molecule has 9 nitrogen and oxygen atoms in total. The number of amides is 1. The topological polar surface area (TPSA) is 121 Å². The molecule has 0 atom stereocenters. The number of carbonyl (C=O) groups is 1. The van der Waals surface area contributed by atoms with Crippen LogP contribution in [0.15, 0.2) is 76.3 Å². The molecule has 0 unspecified atom stereocenters. The fraction of sp³-hybridized carbons (Fsp3) is 0.120. The van der Waals surface area contributed by atoms with Gasteiger partial charge in [-0.1, -0.05) is 48.5 Å². The van der Waals surface area contributed by atoms with Crippen molar-refractivity contribution in [1.82, 2.24) is 5.01 Å². The molecule has 182 valence electrons. The summed E-state index contributed by atoms with van der Waals surface area (Å²) in [6.07, 6.45) is 2.50. The molecule has 2 aliphatic rings. The number of aliphatic imine (C=N–C) groups is 1. The zero-order valence-electron chi connectivity index (χ0n) is 19.3. The minimum absolute atomic E-state index is 0.0238. The Morgan fingerprint density at radius 1 is 1.08 bits per heavy atom. The molecule has 0 saturated heterocycles. The van der Waals surface area contributed by atoms with Crippen LogP contribution in [0, 0.1) is 5.41 Å². The van der Waals surface area contributed by atoms with Crippen LogP contribution >= 0.6 is 11.8 Å². The number of hydrogen-bond acceptors (Lipinski definition) is 8. The number of fused-ring (bicyclic) bond motifs is 2. The Morgan fingerprint density at radius 3 is 2.64 bits per heavy atom. The van der Waals surface area contributed by atoms with Crippen LogP contribution in [-0.2, 0) is 21.2 Å². The van der Waals surface area contributed by atoms with Crippen LogP contribution in [0.5, 0.6) is 11.5 Å². The molecule has 2 aliphatic heterocycles. The molecule has 3 aromatic rings. The lowest BCUT2D eigenvalue weighted by molar-refractivity contribution is -0.114. The number of hydrazone groups is 1. The van der Waals surface area contributed by atoms with Crippen molar-refractivity contribution in [3.8, 4) is 11.5 Å². The van der Waals surface area contributed by atoms with Gasteiger partial charge in [0.05, 0.1) is 12.7 Å². The number of carbonyl (C=O) groups excluding carboxylic acids is 1. The summed E-state index contributed by atoms with van der Waals surface area (Å²) < 4.78 is 35.0. The van der Waals surface area contributed by atoms with Crippen LogP contribution in [0.3, 0.4) is 0 Å². The first-order valence-corrected chi connectivity index (χ1v) is 13.4. The van der Waals surface area contributed by atoms with E-state index in [2.05, 4.69) is 10.1 Å². The fourth-order valence-corrected chi connectivity index (χ4v) is 5.44. The highest BCUT2D eigenvalue weighted by Gasteiger charge is 2.38. The number of nitrogens with zero attached hydrogens (tertiary/aromatic N) is 3. The van der Waals surface area contributed by atoms with Crippen molar-refractivity contribution in [2.75, 3.05) is 13.4 Å². The molecule has 36 heavy (non-hydrogen) atoms. The molecule has 0 aromatic heterocycles. The van der Waals surface area contributed by atoms with Crippen molar-refractivity contribution in [3.05, 3.63) is 77.4 Å². The summed E-state index contributed by atoms with van der Waals surface area (Å²) >= 11 is 0.742. The SMILES string of the molecule is COc1cc(/C=C2\C(=N)N3N=C(S(C)(=O)=O)SC3=NC2=O)ccc1OCc1cccc2ccccc12. The molecule has 0 spiro atoms. The molecule has 0 saturated carbocycles. The van der Waals surface area contributed by atoms with Crippen LogP contribution in [0.25, 0.3) is 16.8 Å². The summed E-state index contributed by atoms with van der Waals surface area (Å²) in [5.74, 6) is 0.0688. The van der Waals surface area contributed by atoms with E-state index in [1.54, 1.807) is 18.2 Å². The minimum atomic E-state index is -3.60. The van der Waals surface area contributed by atoms with Crippen LogP contribution in [0.2, 0.25) is 0 Å². The van der Waals surface area contributed by atoms with Gasteiger partial charge in [0.2, 0.25) is 19.4 Å². The van der Waals surface area contributed by atoms with Gasteiger partial charge in [0.1, 0.15) is 6.61 Å². The van der Waals surface area contributed by atoms with E-state index in [0.29, 0.717) is 23.7 Å². The lowest BCUT2D eigenvalue weighted by Gasteiger charge is -2.20. The molecule has 0 bridgehead atoms. The minimum Gasteiger partial charge on any atom is -0.493 e. The molecule has 11 heteroatoms. The van der Waals surface area contributed by atoms with E-state index < -0.39 is 15.7 Å². The molecular weight excluding hydrogens is 500 g/mol. The number of thioether (sulfide) groups is 1. The number of amidine groups is 2. The molecule has 0 fully saturated rings. The van der Waals surface area contributed by atoms with Gasteiger partial charge in [-0.05, 0) is 51.9 Å². The highest BCUT2D eigenvalue weighted by Crippen LogP contribution is 2.33. The van der Waals surface area contributed by atoms with Gasteiger partial charge >= 0.3 is 0 Å². The summed E-state index contributed by atoms with van der Waals surface area (Å²) in [5.41, 5.74) is 1.59. The third-order valence-corrected chi connectivity index (χ3v) is 8.09. The third kappa shape index (κ3) is 4.50. The van der Waals surface area contributed by atoms with Crippen molar-refractivity contribution in [3.63, 3.8) is 0 Å². The quantitative estimate of drug-likeness (QED) is 0.504. The first-order chi connectivity index (χ1) is 17.2. The van der Waals surface area contributed by atoms with Gasteiger partial charge in [0.15, 0.2) is 17.3 Å². The van der Waals surface area contributed by atoms with E-state index in [0.717, 1.165) is 39.4 Å². The number of nitrogens with one attached hydrogen (secondary N) is 1. The summed E-state index contributed by atoms with van der Waals surface area (Å²) in [4.78, 5) is 16.5. The Bertz CT molecular complexity index is 1620. The number of sulfone groups is 1. The first-order valence-electron chi connectivity index (χ1n) is 10.7. The number of hydrogen-bond donors (Lipinski definition) is 1. The van der Waals surface area contributed by atoms with Crippen molar-refractivity contribution in [1.29, 1.82) is 5.41 Å².